The van der Waals surface area contributed by atoms with Gasteiger partial charge in [-0.15, -0.1) is 12.3 Å². The number of hydrogen-bond donors (Lipinski definition) is 1. The standard InChI is InChI=1S/C9H14N2O/c1-2-3-5-11-6-4-8(7-11)9(10)12/h1,8H,3-7H2,(H2,10,12). The molecule has 1 saturated heterocycles. The van der Waals surface area contributed by atoms with Crippen molar-refractivity contribution in [1.29, 1.82) is 0 Å². The van der Waals surface area contributed by atoms with E-state index in [0.29, 0.717) is 0 Å². The van der Waals surface area contributed by atoms with E-state index >= 15 is 0 Å². The van der Waals surface area contributed by atoms with E-state index in [2.05, 4.69) is 10.8 Å². The number of likely N-dealkylation sites (tertiary alicyclic amines) is 1. The van der Waals surface area contributed by atoms with E-state index in [1.165, 1.54) is 0 Å². The van der Waals surface area contributed by atoms with Crippen LogP contribution in [0, 0.1) is 18.3 Å². The third-order valence-electron chi connectivity index (χ3n) is 2.25. The Bertz CT molecular complexity index is 207. The molecule has 3 nitrogen and oxygen atoms in total. The maximum atomic E-state index is 10.8. The summed E-state index contributed by atoms with van der Waals surface area (Å²) in [4.78, 5) is 13.0. The fraction of sp³-hybridized carbons (Fsp3) is 0.667. The molecule has 2 N–H and O–H groups in total. The molecule has 0 aliphatic carbocycles. The molecule has 0 aromatic heterocycles. The van der Waals surface area contributed by atoms with E-state index in [1.807, 2.05) is 0 Å². The lowest BCUT2D eigenvalue weighted by atomic mass is 10.1. The van der Waals surface area contributed by atoms with Gasteiger partial charge in [0.2, 0.25) is 5.91 Å². The second-order valence-corrected chi connectivity index (χ2v) is 3.14. The van der Waals surface area contributed by atoms with Crippen LogP contribution in [0.3, 0.4) is 0 Å². The van der Waals surface area contributed by atoms with Crippen molar-refractivity contribution in [1.82, 2.24) is 4.90 Å². The van der Waals surface area contributed by atoms with Gasteiger partial charge in [0.1, 0.15) is 0 Å². The summed E-state index contributed by atoms with van der Waals surface area (Å²) in [6.07, 6.45) is 6.78. The lowest BCUT2D eigenvalue weighted by Crippen LogP contribution is -2.27. The van der Waals surface area contributed by atoms with Crippen molar-refractivity contribution in [3.05, 3.63) is 0 Å². The molecule has 1 aliphatic rings. The summed E-state index contributed by atoms with van der Waals surface area (Å²) in [6, 6.07) is 0. The second kappa shape index (κ2) is 4.13. The minimum absolute atomic E-state index is 0.0442. The van der Waals surface area contributed by atoms with Crippen LogP contribution in [0.2, 0.25) is 0 Å². The summed E-state index contributed by atoms with van der Waals surface area (Å²) < 4.78 is 0. The van der Waals surface area contributed by atoms with Gasteiger partial charge in [-0.2, -0.15) is 0 Å². The molecule has 1 unspecified atom stereocenters. The highest BCUT2D eigenvalue weighted by Crippen LogP contribution is 2.15. The number of carbonyl (C=O) groups is 1. The van der Waals surface area contributed by atoms with Crippen molar-refractivity contribution in [2.45, 2.75) is 12.8 Å². The van der Waals surface area contributed by atoms with E-state index in [0.717, 1.165) is 32.5 Å². The van der Waals surface area contributed by atoms with E-state index in [4.69, 9.17) is 12.2 Å². The van der Waals surface area contributed by atoms with Crippen LogP contribution in [0.5, 0.6) is 0 Å². The highest BCUT2D eigenvalue weighted by atomic mass is 16.1. The molecule has 1 heterocycles. The van der Waals surface area contributed by atoms with Crippen LogP contribution in [0.4, 0.5) is 0 Å². The van der Waals surface area contributed by atoms with E-state index in [1.54, 1.807) is 0 Å². The van der Waals surface area contributed by atoms with E-state index in [-0.39, 0.29) is 11.8 Å². The molecule has 0 radical (unpaired) electrons. The molecule has 0 aromatic rings. The number of hydrogen-bond acceptors (Lipinski definition) is 2. The van der Waals surface area contributed by atoms with E-state index < -0.39 is 0 Å². The molecule has 1 amide bonds. The Morgan fingerprint density at radius 2 is 2.50 bits per heavy atom. The minimum atomic E-state index is -0.182. The van der Waals surface area contributed by atoms with Gasteiger partial charge in [-0.05, 0) is 13.0 Å². The average molecular weight is 166 g/mol. The largest absolute Gasteiger partial charge is 0.369 e. The van der Waals surface area contributed by atoms with Crippen LogP contribution in [-0.4, -0.2) is 30.4 Å². The first-order chi connectivity index (χ1) is 5.74. The SMILES string of the molecule is C#CCCN1CCC(C(N)=O)C1. The van der Waals surface area contributed by atoms with Crippen molar-refractivity contribution in [3.8, 4) is 12.3 Å². The molecule has 3 heteroatoms. The number of rotatable bonds is 3. The summed E-state index contributed by atoms with van der Waals surface area (Å²) in [5.41, 5.74) is 5.18. The van der Waals surface area contributed by atoms with Crippen molar-refractivity contribution < 1.29 is 4.79 Å². The summed E-state index contributed by atoms with van der Waals surface area (Å²) >= 11 is 0. The predicted octanol–water partition coefficient (Wildman–Crippen LogP) is -0.183. The highest BCUT2D eigenvalue weighted by Gasteiger charge is 2.25. The molecule has 1 aliphatic heterocycles. The molecule has 0 bridgehead atoms. The van der Waals surface area contributed by atoms with Gasteiger partial charge in [-0.25, -0.2) is 0 Å². The fourth-order valence-electron chi connectivity index (χ4n) is 1.49. The van der Waals surface area contributed by atoms with Gasteiger partial charge in [0, 0.05) is 19.5 Å². The van der Waals surface area contributed by atoms with E-state index in [9.17, 15) is 4.79 Å². The monoisotopic (exact) mass is 166 g/mol. The fourth-order valence-corrected chi connectivity index (χ4v) is 1.49. The molecule has 1 fully saturated rings. The van der Waals surface area contributed by atoms with Crippen molar-refractivity contribution in [3.63, 3.8) is 0 Å². The number of primary amides is 1. The number of terminal acetylenes is 1. The molecular weight excluding hydrogens is 152 g/mol. The van der Waals surface area contributed by atoms with Crippen LogP contribution >= 0.6 is 0 Å². The van der Waals surface area contributed by atoms with Gasteiger partial charge in [-0.1, -0.05) is 0 Å². The minimum Gasteiger partial charge on any atom is -0.369 e. The summed E-state index contributed by atoms with van der Waals surface area (Å²) in [5, 5.41) is 0. The average Bonchev–Trinajstić information content (AvgIpc) is 2.48. The Morgan fingerprint density at radius 1 is 1.75 bits per heavy atom. The maximum Gasteiger partial charge on any atom is 0.221 e. The lowest BCUT2D eigenvalue weighted by molar-refractivity contribution is -0.121. The Hall–Kier alpha value is -1.01. The van der Waals surface area contributed by atoms with Gasteiger partial charge in [0.05, 0.1) is 5.92 Å². The van der Waals surface area contributed by atoms with Crippen molar-refractivity contribution >= 4 is 5.91 Å². The molecule has 0 spiro atoms. The smallest absolute Gasteiger partial charge is 0.221 e. The number of nitrogens with zero attached hydrogens (tertiary/aromatic N) is 1. The topological polar surface area (TPSA) is 46.3 Å². The van der Waals surface area contributed by atoms with Gasteiger partial charge >= 0.3 is 0 Å². The van der Waals surface area contributed by atoms with Crippen molar-refractivity contribution in [2.24, 2.45) is 11.7 Å². The normalized spacial score (nSPS) is 23.8. The van der Waals surface area contributed by atoms with Crippen molar-refractivity contribution in [2.75, 3.05) is 19.6 Å². The summed E-state index contributed by atoms with van der Waals surface area (Å²) in [6.45, 7) is 2.63. The highest BCUT2D eigenvalue weighted by molar-refractivity contribution is 5.77. The van der Waals surface area contributed by atoms with Crippen LogP contribution < -0.4 is 5.73 Å². The third kappa shape index (κ3) is 2.24. The van der Waals surface area contributed by atoms with Crippen LogP contribution in [0.1, 0.15) is 12.8 Å². The zero-order chi connectivity index (χ0) is 8.97. The first kappa shape index (κ1) is 9.08. The molecular formula is C9H14N2O. The maximum absolute atomic E-state index is 10.8. The van der Waals surface area contributed by atoms with Crippen LogP contribution in [0.25, 0.3) is 0 Å². The molecule has 1 rings (SSSR count). The number of carbonyl (C=O) groups excluding carboxylic acids is 1. The first-order valence-corrected chi connectivity index (χ1v) is 4.19. The Labute approximate surface area is 72.9 Å². The van der Waals surface area contributed by atoms with Crippen LogP contribution in [0.15, 0.2) is 0 Å². The molecule has 12 heavy (non-hydrogen) atoms. The van der Waals surface area contributed by atoms with Gasteiger partial charge < -0.3 is 10.6 Å². The lowest BCUT2D eigenvalue weighted by Gasteiger charge is -2.12. The van der Waals surface area contributed by atoms with Gasteiger partial charge in [-0.3, -0.25) is 4.79 Å². The molecule has 0 saturated carbocycles. The quantitative estimate of drug-likeness (QED) is 0.591. The number of nitrogens with two attached hydrogens (primary N) is 1. The number of amides is 1. The van der Waals surface area contributed by atoms with Gasteiger partial charge in [0.15, 0.2) is 0 Å². The predicted molar refractivity (Wildman–Crippen MR) is 47.2 cm³/mol. The Morgan fingerprint density at radius 3 is 3.00 bits per heavy atom. The van der Waals surface area contributed by atoms with Crippen LogP contribution in [-0.2, 0) is 4.79 Å². The summed E-state index contributed by atoms with van der Waals surface area (Å²) in [5.74, 6) is 2.44. The first-order valence-electron chi connectivity index (χ1n) is 4.19. The Balaban J connectivity index is 2.27. The summed E-state index contributed by atoms with van der Waals surface area (Å²) in [7, 11) is 0. The van der Waals surface area contributed by atoms with Gasteiger partial charge in [0.25, 0.3) is 0 Å². The second-order valence-electron chi connectivity index (χ2n) is 3.14. The third-order valence-corrected chi connectivity index (χ3v) is 2.25. The Kier molecular flexibility index (Phi) is 3.12. The molecule has 1 atom stereocenters. The zero-order valence-corrected chi connectivity index (χ0v) is 7.12. The molecule has 0 aromatic carbocycles. The zero-order valence-electron chi connectivity index (χ0n) is 7.12. The molecule has 66 valence electrons.